The number of aliphatic hydroxyl groups is 1. The Morgan fingerprint density at radius 2 is 2.00 bits per heavy atom. The summed E-state index contributed by atoms with van der Waals surface area (Å²) in [5.74, 6) is -0.651. The number of imide groups is 1. The number of benzene rings is 1. The molecule has 2 amide bonds. The van der Waals surface area contributed by atoms with Crippen molar-refractivity contribution in [3.63, 3.8) is 0 Å². The van der Waals surface area contributed by atoms with Gasteiger partial charge in [0, 0.05) is 19.1 Å². The van der Waals surface area contributed by atoms with Crippen molar-refractivity contribution in [2.75, 3.05) is 6.61 Å². The third kappa shape index (κ3) is 2.29. The number of nitrogens with zero attached hydrogens (tertiary/aromatic N) is 1. The maximum atomic E-state index is 12.3. The van der Waals surface area contributed by atoms with E-state index in [0.29, 0.717) is 6.42 Å². The summed E-state index contributed by atoms with van der Waals surface area (Å²) in [5, 5.41) is 8.90. The topological polar surface area (TPSA) is 57.6 Å². The van der Waals surface area contributed by atoms with Crippen molar-refractivity contribution < 1.29 is 14.7 Å². The first-order valence-electron chi connectivity index (χ1n) is 6.17. The largest absolute Gasteiger partial charge is 0.396 e. The molecule has 4 nitrogen and oxygen atoms in total. The van der Waals surface area contributed by atoms with Crippen LogP contribution >= 0.6 is 0 Å². The minimum absolute atomic E-state index is 0.0196. The number of carbonyl (C=O) groups is 2. The average molecular weight is 247 g/mol. The first-order chi connectivity index (χ1) is 8.65. The minimum Gasteiger partial charge on any atom is -0.396 e. The van der Waals surface area contributed by atoms with E-state index in [1.54, 1.807) is 6.92 Å². The molecule has 0 aliphatic carbocycles. The van der Waals surface area contributed by atoms with E-state index in [1.807, 2.05) is 30.3 Å². The molecule has 1 aliphatic rings. The number of hydrogen-bond acceptors (Lipinski definition) is 3. The van der Waals surface area contributed by atoms with Gasteiger partial charge in [0.25, 0.3) is 0 Å². The van der Waals surface area contributed by atoms with Crippen LogP contribution in [-0.2, 0) is 9.59 Å². The molecule has 0 saturated carbocycles. The van der Waals surface area contributed by atoms with Crippen molar-refractivity contribution in [1.29, 1.82) is 0 Å². The molecule has 2 rings (SSSR count). The van der Waals surface area contributed by atoms with Gasteiger partial charge in [-0.2, -0.15) is 0 Å². The highest BCUT2D eigenvalue weighted by Gasteiger charge is 2.41. The fraction of sp³-hybridized carbons (Fsp3) is 0.429. The molecule has 1 aromatic carbocycles. The van der Waals surface area contributed by atoms with Gasteiger partial charge in [0.1, 0.15) is 0 Å². The van der Waals surface area contributed by atoms with Gasteiger partial charge in [0.15, 0.2) is 0 Å². The SMILES string of the molecule is CC(CCO)N1C(=O)CC(c2ccccc2)C1=O. The second-order valence-electron chi connectivity index (χ2n) is 4.63. The van der Waals surface area contributed by atoms with Crippen molar-refractivity contribution in [2.45, 2.75) is 31.7 Å². The van der Waals surface area contributed by atoms with E-state index >= 15 is 0 Å². The van der Waals surface area contributed by atoms with Gasteiger partial charge in [-0.05, 0) is 18.9 Å². The Morgan fingerprint density at radius 3 is 2.61 bits per heavy atom. The molecule has 18 heavy (non-hydrogen) atoms. The van der Waals surface area contributed by atoms with Gasteiger partial charge in [0.2, 0.25) is 11.8 Å². The average Bonchev–Trinajstić information content (AvgIpc) is 2.66. The summed E-state index contributed by atoms with van der Waals surface area (Å²) in [6.07, 6.45) is 0.664. The van der Waals surface area contributed by atoms with Gasteiger partial charge in [-0.25, -0.2) is 0 Å². The van der Waals surface area contributed by atoms with Crippen molar-refractivity contribution in [3.8, 4) is 0 Å². The van der Waals surface area contributed by atoms with Gasteiger partial charge >= 0.3 is 0 Å². The zero-order valence-electron chi connectivity index (χ0n) is 10.4. The molecule has 1 fully saturated rings. The van der Waals surface area contributed by atoms with Crippen molar-refractivity contribution in [1.82, 2.24) is 4.90 Å². The van der Waals surface area contributed by atoms with Crippen LogP contribution in [0.25, 0.3) is 0 Å². The Bertz CT molecular complexity index is 444. The number of rotatable bonds is 4. The molecule has 0 bridgehead atoms. The molecule has 0 aromatic heterocycles. The molecule has 1 aliphatic heterocycles. The number of likely N-dealkylation sites (tertiary alicyclic amines) is 1. The van der Waals surface area contributed by atoms with Crippen LogP contribution in [0.2, 0.25) is 0 Å². The summed E-state index contributed by atoms with van der Waals surface area (Å²) in [6.45, 7) is 1.77. The van der Waals surface area contributed by atoms with E-state index in [-0.39, 0.29) is 36.8 Å². The molecule has 4 heteroatoms. The third-order valence-corrected chi connectivity index (χ3v) is 3.37. The summed E-state index contributed by atoms with van der Waals surface area (Å²) >= 11 is 0. The molecule has 1 heterocycles. The lowest BCUT2D eigenvalue weighted by atomic mass is 9.98. The van der Waals surface area contributed by atoms with E-state index in [1.165, 1.54) is 4.90 Å². The molecule has 2 unspecified atom stereocenters. The van der Waals surface area contributed by atoms with Gasteiger partial charge < -0.3 is 5.11 Å². The molecule has 1 aromatic rings. The fourth-order valence-electron chi connectivity index (χ4n) is 2.38. The Morgan fingerprint density at radius 1 is 1.33 bits per heavy atom. The predicted octanol–water partition coefficient (Wildman–Crippen LogP) is 1.30. The number of aliphatic hydroxyl groups excluding tert-OH is 1. The van der Waals surface area contributed by atoms with Crippen LogP contribution in [0.5, 0.6) is 0 Å². The Hall–Kier alpha value is -1.68. The quantitative estimate of drug-likeness (QED) is 0.816. The van der Waals surface area contributed by atoms with Crippen LogP contribution in [0.3, 0.4) is 0 Å². The summed E-state index contributed by atoms with van der Waals surface area (Å²) in [6, 6.07) is 9.13. The lowest BCUT2D eigenvalue weighted by Gasteiger charge is -2.22. The van der Waals surface area contributed by atoms with Crippen LogP contribution in [0.15, 0.2) is 30.3 Å². The maximum absolute atomic E-state index is 12.3. The van der Waals surface area contributed by atoms with Crippen molar-refractivity contribution in [2.24, 2.45) is 0 Å². The lowest BCUT2D eigenvalue weighted by molar-refractivity contribution is -0.141. The second-order valence-corrected chi connectivity index (χ2v) is 4.63. The standard InChI is InChI=1S/C14H17NO3/c1-10(7-8-16)15-13(17)9-12(14(15)18)11-5-3-2-4-6-11/h2-6,10,12,16H,7-9H2,1H3. The molecule has 1 saturated heterocycles. The Kier molecular flexibility index (Phi) is 3.77. The smallest absolute Gasteiger partial charge is 0.237 e. The molecule has 0 radical (unpaired) electrons. The minimum atomic E-state index is -0.361. The van der Waals surface area contributed by atoms with Gasteiger partial charge in [-0.15, -0.1) is 0 Å². The molecule has 0 spiro atoms. The Balaban J connectivity index is 2.19. The van der Waals surface area contributed by atoms with E-state index in [2.05, 4.69) is 0 Å². The van der Waals surface area contributed by atoms with E-state index in [0.717, 1.165) is 5.56 Å². The van der Waals surface area contributed by atoms with Crippen LogP contribution in [-0.4, -0.2) is 34.5 Å². The molecule has 1 N–H and O–H groups in total. The van der Waals surface area contributed by atoms with Crippen molar-refractivity contribution >= 4 is 11.8 Å². The summed E-state index contributed by atoms with van der Waals surface area (Å²) in [7, 11) is 0. The Labute approximate surface area is 106 Å². The summed E-state index contributed by atoms with van der Waals surface area (Å²) in [4.78, 5) is 25.5. The van der Waals surface area contributed by atoms with E-state index in [4.69, 9.17) is 5.11 Å². The molecular weight excluding hydrogens is 230 g/mol. The number of hydrogen-bond donors (Lipinski definition) is 1. The maximum Gasteiger partial charge on any atom is 0.237 e. The molecular formula is C14H17NO3. The van der Waals surface area contributed by atoms with Gasteiger partial charge in [-0.1, -0.05) is 30.3 Å². The highest BCUT2D eigenvalue weighted by atomic mass is 16.3. The zero-order chi connectivity index (χ0) is 13.1. The summed E-state index contributed by atoms with van der Waals surface area (Å²) in [5.41, 5.74) is 0.884. The zero-order valence-corrected chi connectivity index (χ0v) is 10.4. The number of carbonyl (C=O) groups excluding carboxylic acids is 2. The van der Waals surface area contributed by atoms with Crippen LogP contribution < -0.4 is 0 Å². The van der Waals surface area contributed by atoms with Crippen LogP contribution in [0, 0.1) is 0 Å². The second kappa shape index (κ2) is 5.31. The van der Waals surface area contributed by atoms with E-state index < -0.39 is 0 Å². The predicted molar refractivity (Wildman–Crippen MR) is 66.8 cm³/mol. The van der Waals surface area contributed by atoms with Crippen LogP contribution in [0.4, 0.5) is 0 Å². The highest BCUT2D eigenvalue weighted by molar-refractivity contribution is 6.06. The highest BCUT2D eigenvalue weighted by Crippen LogP contribution is 2.31. The van der Waals surface area contributed by atoms with Gasteiger partial charge in [0.05, 0.1) is 5.92 Å². The summed E-state index contributed by atoms with van der Waals surface area (Å²) < 4.78 is 0. The molecule has 96 valence electrons. The number of amides is 2. The van der Waals surface area contributed by atoms with Crippen LogP contribution in [0.1, 0.15) is 31.2 Å². The third-order valence-electron chi connectivity index (χ3n) is 3.37. The first-order valence-corrected chi connectivity index (χ1v) is 6.17. The normalized spacial score (nSPS) is 21.4. The van der Waals surface area contributed by atoms with Crippen molar-refractivity contribution in [3.05, 3.63) is 35.9 Å². The fourth-order valence-corrected chi connectivity index (χ4v) is 2.38. The first kappa shape index (κ1) is 12.8. The van der Waals surface area contributed by atoms with E-state index in [9.17, 15) is 9.59 Å². The van der Waals surface area contributed by atoms with Gasteiger partial charge in [-0.3, -0.25) is 14.5 Å². The molecule has 2 atom stereocenters. The lowest BCUT2D eigenvalue weighted by Crippen LogP contribution is -2.38. The monoisotopic (exact) mass is 247 g/mol.